The second-order valence-electron chi connectivity index (χ2n) is 7.79. The van der Waals surface area contributed by atoms with Crippen LogP contribution in [0.5, 0.6) is 5.75 Å². The minimum Gasteiger partial charge on any atom is -0.508 e. The molecule has 1 saturated carbocycles. The Morgan fingerprint density at radius 3 is 2.78 bits per heavy atom. The molecule has 1 aromatic heterocycles. The van der Waals surface area contributed by atoms with E-state index in [0.717, 1.165) is 12.0 Å². The van der Waals surface area contributed by atoms with Gasteiger partial charge in [0.05, 0.1) is 5.51 Å². The van der Waals surface area contributed by atoms with Crippen LogP contribution in [0.4, 0.5) is 0 Å². The van der Waals surface area contributed by atoms with E-state index in [0.29, 0.717) is 30.6 Å². The van der Waals surface area contributed by atoms with E-state index < -0.39 is 0 Å². The lowest BCUT2D eigenvalue weighted by molar-refractivity contribution is -0.121. The number of carbonyl (C=O) groups excluding carboxylic acids is 1. The maximum absolute atomic E-state index is 12.6. The highest BCUT2D eigenvalue weighted by Gasteiger charge is 2.34. The van der Waals surface area contributed by atoms with Gasteiger partial charge < -0.3 is 15.3 Å². The third-order valence-electron chi connectivity index (χ3n) is 5.46. The van der Waals surface area contributed by atoms with Gasteiger partial charge in [-0.2, -0.15) is 0 Å². The van der Waals surface area contributed by atoms with Crippen LogP contribution in [0.25, 0.3) is 0 Å². The number of thiazole rings is 1. The molecule has 0 saturated heterocycles. The van der Waals surface area contributed by atoms with E-state index in [1.54, 1.807) is 23.5 Å². The van der Waals surface area contributed by atoms with Gasteiger partial charge in [-0.3, -0.25) is 9.78 Å². The van der Waals surface area contributed by atoms with Crippen molar-refractivity contribution >= 4 is 17.2 Å². The summed E-state index contributed by atoms with van der Waals surface area (Å²) in [6.07, 6.45) is 5.73. The van der Waals surface area contributed by atoms with Gasteiger partial charge in [0.25, 0.3) is 0 Å². The Morgan fingerprint density at radius 2 is 2.19 bits per heavy atom. The Balaban J connectivity index is 1.56. The fraction of sp³-hybridized carbons (Fsp3) is 0.524. The Kier molecular flexibility index (Phi) is 6.50. The lowest BCUT2D eigenvalue weighted by atomic mass is 9.97. The second kappa shape index (κ2) is 8.85. The molecule has 3 rings (SSSR count). The highest BCUT2D eigenvalue weighted by Crippen LogP contribution is 2.45. The zero-order valence-corrected chi connectivity index (χ0v) is 17.1. The lowest BCUT2D eigenvalue weighted by Gasteiger charge is -2.26. The fourth-order valence-corrected chi connectivity index (χ4v) is 4.33. The zero-order valence-electron chi connectivity index (χ0n) is 16.3. The molecule has 0 unspecified atom stereocenters. The van der Waals surface area contributed by atoms with Crippen LogP contribution < -0.4 is 5.32 Å². The van der Waals surface area contributed by atoms with Crippen LogP contribution in [0.2, 0.25) is 0 Å². The Bertz CT molecular complexity index is 757. The monoisotopic (exact) mass is 387 g/mol. The largest absolute Gasteiger partial charge is 0.508 e. The van der Waals surface area contributed by atoms with E-state index in [1.165, 1.54) is 23.3 Å². The number of amides is 1. The number of phenols is 1. The normalized spacial score (nSPS) is 16.3. The van der Waals surface area contributed by atoms with Crippen LogP contribution in [-0.4, -0.2) is 47.6 Å². The van der Waals surface area contributed by atoms with Gasteiger partial charge in [0, 0.05) is 36.0 Å². The van der Waals surface area contributed by atoms with E-state index in [9.17, 15) is 9.90 Å². The first-order valence-electron chi connectivity index (χ1n) is 9.54. The van der Waals surface area contributed by atoms with Gasteiger partial charge in [-0.05, 0) is 69.5 Å². The van der Waals surface area contributed by atoms with Crippen molar-refractivity contribution in [2.24, 2.45) is 5.92 Å². The molecule has 1 fully saturated rings. The number of aromatic hydroxyl groups is 1. The summed E-state index contributed by atoms with van der Waals surface area (Å²) in [7, 11) is 4.08. The Labute approximate surface area is 165 Å². The molecule has 2 atom stereocenters. The molecule has 6 heteroatoms. The van der Waals surface area contributed by atoms with Gasteiger partial charge >= 0.3 is 0 Å². The van der Waals surface area contributed by atoms with E-state index in [1.807, 2.05) is 38.8 Å². The maximum Gasteiger partial charge on any atom is 0.220 e. The number of hydrogen-bond donors (Lipinski definition) is 2. The van der Waals surface area contributed by atoms with Crippen molar-refractivity contribution in [3.63, 3.8) is 0 Å². The van der Waals surface area contributed by atoms with Crippen molar-refractivity contribution < 1.29 is 9.90 Å². The van der Waals surface area contributed by atoms with E-state index in [-0.39, 0.29) is 11.9 Å². The number of aryl methyl sites for hydroxylation is 1. The molecular formula is C21H29N3O2S. The molecular weight excluding hydrogens is 358 g/mol. The van der Waals surface area contributed by atoms with Crippen molar-refractivity contribution in [1.82, 2.24) is 15.2 Å². The first kappa shape index (κ1) is 19.8. The summed E-state index contributed by atoms with van der Waals surface area (Å²) >= 11 is 1.66. The Hall–Kier alpha value is -1.92. The van der Waals surface area contributed by atoms with Crippen LogP contribution in [0.3, 0.4) is 0 Å². The van der Waals surface area contributed by atoms with Crippen LogP contribution in [0.1, 0.15) is 41.2 Å². The average Bonchev–Trinajstić information content (AvgIpc) is 3.31. The number of carbonyl (C=O) groups is 1. The fourth-order valence-electron chi connectivity index (χ4n) is 3.51. The molecule has 0 spiro atoms. The number of benzene rings is 1. The highest BCUT2D eigenvalue weighted by molar-refractivity contribution is 7.09. The molecule has 0 radical (unpaired) electrons. The molecule has 146 valence electrons. The standard InChI is InChI=1S/C21H29N3O2S/c1-14-8-18(25)7-6-16(14)9-17(24(2)3)11-23-21(26)10-19(15-4-5-15)20-12-22-13-27-20/h6-8,12-13,15,17,19,25H,4-5,9-11H2,1-3H3,(H,23,26)/t17-,19+/m0/s1. The van der Waals surface area contributed by atoms with Gasteiger partial charge in [-0.1, -0.05) is 6.07 Å². The minimum atomic E-state index is 0.120. The molecule has 1 aliphatic carbocycles. The number of phenolic OH excluding ortho intramolecular Hbond substituents is 1. The maximum atomic E-state index is 12.6. The summed E-state index contributed by atoms with van der Waals surface area (Å²) in [5.41, 5.74) is 4.12. The molecule has 0 aliphatic heterocycles. The molecule has 2 aromatic rings. The third-order valence-corrected chi connectivity index (χ3v) is 6.37. The van der Waals surface area contributed by atoms with Crippen LogP contribution in [0.15, 0.2) is 29.9 Å². The predicted octanol–water partition coefficient (Wildman–Crippen LogP) is 3.33. The van der Waals surface area contributed by atoms with Gasteiger partial charge in [0.15, 0.2) is 0 Å². The number of aromatic nitrogens is 1. The van der Waals surface area contributed by atoms with Crippen LogP contribution in [0, 0.1) is 12.8 Å². The summed E-state index contributed by atoms with van der Waals surface area (Å²) in [5, 5.41) is 12.7. The van der Waals surface area contributed by atoms with Gasteiger partial charge in [0.2, 0.25) is 5.91 Å². The molecule has 5 nitrogen and oxygen atoms in total. The summed E-state index contributed by atoms with van der Waals surface area (Å²) in [4.78, 5) is 20.2. The van der Waals surface area contributed by atoms with Crippen molar-refractivity contribution in [2.45, 2.75) is 44.6 Å². The van der Waals surface area contributed by atoms with E-state index in [4.69, 9.17) is 0 Å². The topological polar surface area (TPSA) is 65.5 Å². The number of nitrogens with one attached hydrogen (secondary N) is 1. The third kappa shape index (κ3) is 5.53. The molecule has 27 heavy (non-hydrogen) atoms. The SMILES string of the molecule is Cc1cc(O)ccc1C[C@@H](CNC(=O)C[C@@H](c1cncs1)C1CC1)N(C)C. The van der Waals surface area contributed by atoms with Crippen LogP contribution >= 0.6 is 11.3 Å². The summed E-state index contributed by atoms with van der Waals surface area (Å²) in [6.45, 7) is 2.63. The van der Waals surface area contributed by atoms with Gasteiger partial charge in [0.1, 0.15) is 5.75 Å². The average molecular weight is 388 g/mol. The smallest absolute Gasteiger partial charge is 0.220 e. The summed E-state index contributed by atoms with van der Waals surface area (Å²) in [6, 6.07) is 5.69. The molecule has 0 bridgehead atoms. The number of rotatable bonds is 9. The summed E-state index contributed by atoms with van der Waals surface area (Å²) in [5.74, 6) is 1.37. The summed E-state index contributed by atoms with van der Waals surface area (Å²) < 4.78 is 0. The molecule has 1 amide bonds. The van der Waals surface area contributed by atoms with Crippen molar-refractivity contribution in [2.75, 3.05) is 20.6 Å². The predicted molar refractivity (Wildman–Crippen MR) is 109 cm³/mol. The van der Waals surface area contributed by atoms with Gasteiger partial charge in [-0.15, -0.1) is 11.3 Å². The van der Waals surface area contributed by atoms with Crippen molar-refractivity contribution in [3.05, 3.63) is 45.9 Å². The molecule has 1 aromatic carbocycles. The highest BCUT2D eigenvalue weighted by atomic mass is 32.1. The first-order chi connectivity index (χ1) is 12.9. The number of hydrogen-bond acceptors (Lipinski definition) is 5. The molecule has 1 aliphatic rings. The van der Waals surface area contributed by atoms with Crippen LogP contribution in [-0.2, 0) is 11.2 Å². The van der Waals surface area contributed by atoms with Crippen molar-refractivity contribution in [3.8, 4) is 5.75 Å². The number of likely N-dealkylation sites (N-methyl/N-ethyl adjacent to an activating group) is 1. The van der Waals surface area contributed by atoms with E-state index in [2.05, 4.69) is 15.2 Å². The minimum absolute atomic E-state index is 0.120. The first-order valence-corrected chi connectivity index (χ1v) is 10.4. The Morgan fingerprint density at radius 1 is 1.41 bits per heavy atom. The lowest BCUT2D eigenvalue weighted by Crippen LogP contribution is -2.42. The van der Waals surface area contributed by atoms with Gasteiger partial charge in [-0.25, -0.2) is 0 Å². The molecule has 1 heterocycles. The zero-order chi connectivity index (χ0) is 19.4. The quantitative estimate of drug-likeness (QED) is 0.693. The molecule has 2 N–H and O–H groups in total. The van der Waals surface area contributed by atoms with E-state index >= 15 is 0 Å². The second-order valence-corrected chi connectivity index (χ2v) is 8.71. The number of nitrogens with zero attached hydrogens (tertiary/aromatic N) is 2. The van der Waals surface area contributed by atoms with Crippen molar-refractivity contribution in [1.29, 1.82) is 0 Å².